The van der Waals surface area contributed by atoms with Gasteiger partial charge in [0.15, 0.2) is 0 Å². The van der Waals surface area contributed by atoms with E-state index in [-0.39, 0.29) is 0 Å². The number of aliphatic hydroxyl groups is 1. The van der Waals surface area contributed by atoms with Gasteiger partial charge >= 0.3 is 0 Å². The maximum absolute atomic E-state index is 10.9. The molecule has 20 heavy (non-hydrogen) atoms. The fourth-order valence-corrected chi connectivity index (χ4v) is 3.06. The van der Waals surface area contributed by atoms with Gasteiger partial charge in [-0.05, 0) is 49.2 Å². The molecular weight excluding hydrogens is 316 g/mol. The molecule has 1 aromatic carbocycles. The van der Waals surface area contributed by atoms with Gasteiger partial charge in [0.2, 0.25) is 0 Å². The molecule has 1 heterocycles. The number of benzene rings is 1. The standard InChI is InChI=1S/C16H21BrN2O/c1-10-6-11(2)8-13(7-10)16(4,20)9-14-15(17)12(3)18-19(14)5/h6-8,20H,9H2,1-5H3. The molecule has 108 valence electrons. The third kappa shape index (κ3) is 2.96. The summed E-state index contributed by atoms with van der Waals surface area (Å²) in [5.41, 5.74) is 4.31. The van der Waals surface area contributed by atoms with Gasteiger partial charge < -0.3 is 5.11 Å². The summed E-state index contributed by atoms with van der Waals surface area (Å²) in [6.07, 6.45) is 0.522. The number of hydrogen-bond donors (Lipinski definition) is 1. The Morgan fingerprint density at radius 2 is 1.75 bits per heavy atom. The molecule has 0 amide bonds. The summed E-state index contributed by atoms with van der Waals surface area (Å²) in [6.45, 7) is 7.92. The van der Waals surface area contributed by atoms with E-state index >= 15 is 0 Å². The first-order chi connectivity index (χ1) is 9.20. The van der Waals surface area contributed by atoms with Gasteiger partial charge in [0.1, 0.15) is 0 Å². The summed E-state index contributed by atoms with van der Waals surface area (Å²) in [7, 11) is 1.91. The molecule has 1 aromatic heterocycles. The summed E-state index contributed by atoms with van der Waals surface area (Å²) in [4.78, 5) is 0. The average Bonchev–Trinajstić information content (AvgIpc) is 2.54. The lowest BCUT2D eigenvalue weighted by molar-refractivity contribution is 0.0553. The molecule has 0 saturated carbocycles. The summed E-state index contributed by atoms with van der Waals surface area (Å²) in [6, 6.07) is 6.21. The van der Waals surface area contributed by atoms with Crippen LogP contribution in [0.5, 0.6) is 0 Å². The molecule has 0 spiro atoms. The molecule has 3 nitrogen and oxygen atoms in total. The zero-order valence-corrected chi connectivity index (χ0v) is 14.2. The van der Waals surface area contributed by atoms with Crippen molar-refractivity contribution in [2.24, 2.45) is 7.05 Å². The van der Waals surface area contributed by atoms with Gasteiger partial charge in [0.05, 0.1) is 21.5 Å². The fraction of sp³-hybridized carbons (Fsp3) is 0.438. The zero-order chi connectivity index (χ0) is 15.1. The van der Waals surface area contributed by atoms with Crippen molar-refractivity contribution in [1.29, 1.82) is 0 Å². The Labute approximate surface area is 128 Å². The smallest absolute Gasteiger partial charge is 0.0924 e. The normalized spacial score (nSPS) is 14.3. The predicted octanol–water partition coefficient (Wildman–Crippen LogP) is 3.56. The number of rotatable bonds is 3. The van der Waals surface area contributed by atoms with Gasteiger partial charge in [-0.2, -0.15) is 5.10 Å². The second-order valence-electron chi connectivity index (χ2n) is 5.80. The SMILES string of the molecule is Cc1cc(C)cc(C(C)(O)Cc2c(Br)c(C)nn2C)c1. The summed E-state index contributed by atoms with van der Waals surface area (Å²) in [5, 5.41) is 15.3. The second-order valence-corrected chi connectivity index (χ2v) is 6.59. The molecule has 2 rings (SSSR count). The van der Waals surface area contributed by atoms with Crippen molar-refractivity contribution in [2.75, 3.05) is 0 Å². The van der Waals surface area contributed by atoms with E-state index in [9.17, 15) is 5.11 Å². The van der Waals surface area contributed by atoms with E-state index in [1.54, 1.807) is 0 Å². The predicted molar refractivity (Wildman–Crippen MR) is 84.8 cm³/mol. The molecule has 0 bridgehead atoms. The van der Waals surface area contributed by atoms with Gasteiger partial charge in [-0.1, -0.05) is 29.3 Å². The molecule has 1 atom stereocenters. The lowest BCUT2D eigenvalue weighted by Gasteiger charge is -2.25. The van der Waals surface area contributed by atoms with Gasteiger partial charge in [-0.25, -0.2) is 0 Å². The van der Waals surface area contributed by atoms with Crippen LogP contribution in [-0.2, 0) is 19.1 Å². The van der Waals surface area contributed by atoms with Crippen molar-refractivity contribution in [3.63, 3.8) is 0 Å². The Morgan fingerprint density at radius 1 is 1.20 bits per heavy atom. The van der Waals surface area contributed by atoms with Crippen LogP contribution >= 0.6 is 15.9 Å². The summed E-state index contributed by atoms with van der Waals surface area (Å²) < 4.78 is 2.81. The largest absolute Gasteiger partial charge is 0.385 e. The molecule has 0 aliphatic heterocycles. The topological polar surface area (TPSA) is 38.1 Å². The third-order valence-electron chi connectivity index (χ3n) is 3.62. The molecule has 0 aliphatic carbocycles. The van der Waals surface area contributed by atoms with Gasteiger partial charge in [0.25, 0.3) is 0 Å². The quantitative estimate of drug-likeness (QED) is 0.930. The minimum atomic E-state index is -0.917. The highest BCUT2D eigenvalue weighted by Gasteiger charge is 2.27. The first-order valence-corrected chi connectivity index (χ1v) is 7.49. The maximum atomic E-state index is 10.9. The molecule has 0 aliphatic rings. The van der Waals surface area contributed by atoms with E-state index in [2.05, 4.69) is 40.9 Å². The van der Waals surface area contributed by atoms with Crippen LogP contribution in [0.2, 0.25) is 0 Å². The Morgan fingerprint density at radius 3 is 2.20 bits per heavy atom. The number of halogens is 1. The zero-order valence-electron chi connectivity index (χ0n) is 12.7. The van der Waals surface area contributed by atoms with Crippen LogP contribution in [0.1, 0.15) is 35.0 Å². The molecular formula is C16H21BrN2O. The lowest BCUT2D eigenvalue weighted by atomic mass is 9.89. The highest BCUT2D eigenvalue weighted by atomic mass is 79.9. The van der Waals surface area contributed by atoms with E-state index in [1.165, 1.54) is 11.1 Å². The molecule has 1 N–H and O–H groups in total. The summed E-state index contributed by atoms with van der Waals surface area (Å²) >= 11 is 3.56. The molecule has 0 saturated heterocycles. The lowest BCUT2D eigenvalue weighted by Crippen LogP contribution is -2.26. The number of aromatic nitrogens is 2. The molecule has 4 heteroatoms. The van der Waals surface area contributed by atoms with Crippen LogP contribution in [0.3, 0.4) is 0 Å². The number of aryl methyl sites for hydroxylation is 4. The van der Waals surface area contributed by atoms with Crippen LogP contribution in [0.15, 0.2) is 22.7 Å². The summed E-state index contributed by atoms with van der Waals surface area (Å²) in [5.74, 6) is 0. The second kappa shape index (κ2) is 5.34. The van der Waals surface area contributed by atoms with Crippen LogP contribution in [0.25, 0.3) is 0 Å². The van der Waals surface area contributed by atoms with E-state index in [4.69, 9.17) is 0 Å². The first-order valence-electron chi connectivity index (χ1n) is 6.70. The monoisotopic (exact) mass is 336 g/mol. The van der Waals surface area contributed by atoms with Crippen molar-refractivity contribution in [1.82, 2.24) is 9.78 Å². The highest BCUT2D eigenvalue weighted by Crippen LogP contribution is 2.31. The first kappa shape index (κ1) is 15.3. The van der Waals surface area contributed by atoms with Crippen LogP contribution < -0.4 is 0 Å². The van der Waals surface area contributed by atoms with Crippen LogP contribution in [0.4, 0.5) is 0 Å². The number of hydrogen-bond acceptors (Lipinski definition) is 2. The van der Waals surface area contributed by atoms with Crippen molar-refractivity contribution in [3.8, 4) is 0 Å². The average molecular weight is 337 g/mol. The Balaban J connectivity index is 2.40. The van der Waals surface area contributed by atoms with Gasteiger partial charge in [-0.3, -0.25) is 4.68 Å². The maximum Gasteiger partial charge on any atom is 0.0924 e. The van der Waals surface area contributed by atoms with E-state index < -0.39 is 5.60 Å². The van der Waals surface area contributed by atoms with Crippen LogP contribution in [0, 0.1) is 20.8 Å². The van der Waals surface area contributed by atoms with E-state index in [0.29, 0.717) is 6.42 Å². The van der Waals surface area contributed by atoms with Crippen LogP contribution in [-0.4, -0.2) is 14.9 Å². The Bertz CT molecular complexity index is 624. The Kier molecular flexibility index (Phi) is 4.07. The van der Waals surface area contributed by atoms with Gasteiger partial charge in [0, 0.05) is 13.5 Å². The van der Waals surface area contributed by atoms with E-state index in [1.807, 2.05) is 37.7 Å². The molecule has 0 radical (unpaired) electrons. The molecule has 0 fully saturated rings. The minimum Gasteiger partial charge on any atom is -0.385 e. The highest BCUT2D eigenvalue weighted by molar-refractivity contribution is 9.10. The number of nitrogens with zero attached hydrogens (tertiary/aromatic N) is 2. The fourth-order valence-electron chi connectivity index (χ4n) is 2.59. The van der Waals surface area contributed by atoms with Crippen molar-refractivity contribution < 1.29 is 5.11 Å². The molecule has 2 aromatic rings. The minimum absolute atomic E-state index is 0.522. The third-order valence-corrected chi connectivity index (χ3v) is 4.65. The van der Waals surface area contributed by atoms with Crippen molar-refractivity contribution >= 4 is 15.9 Å². The molecule has 1 unspecified atom stereocenters. The van der Waals surface area contributed by atoms with E-state index in [0.717, 1.165) is 21.4 Å². The van der Waals surface area contributed by atoms with Crippen molar-refractivity contribution in [2.45, 2.75) is 39.7 Å². The van der Waals surface area contributed by atoms with Gasteiger partial charge in [-0.15, -0.1) is 0 Å². The van der Waals surface area contributed by atoms with Crippen molar-refractivity contribution in [3.05, 3.63) is 50.8 Å². The Hall–Kier alpha value is -1.13.